The number of hydrogen-bond acceptors (Lipinski definition) is 3. The second-order valence-corrected chi connectivity index (χ2v) is 6.57. The monoisotopic (exact) mass is 290 g/mol. The Kier molecular flexibility index (Phi) is 4.21. The maximum atomic E-state index is 12.2. The largest absolute Gasteiger partial charge is 0.480 e. The van der Waals surface area contributed by atoms with Crippen LogP contribution in [0.2, 0.25) is 0 Å². The summed E-state index contributed by atoms with van der Waals surface area (Å²) < 4.78 is 0. The minimum absolute atomic E-state index is 0.0932. The van der Waals surface area contributed by atoms with Gasteiger partial charge in [0.05, 0.1) is 0 Å². The zero-order valence-corrected chi connectivity index (χ0v) is 12.6. The van der Waals surface area contributed by atoms with Gasteiger partial charge < -0.3 is 15.7 Å². The number of fused-ring (bicyclic) bond motifs is 1. The van der Waals surface area contributed by atoms with Crippen LogP contribution >= 0.6 is 0 Å². The topological polar surface area (TPSA) is 78.4 Å². The third-order valence-electron chi connectivity index (χ3n) is 3.79. The summed E-state index contributed by atoms with van der Waals surface area (Å²) in [4.78, 5) is 23.5. The molecule has 5 heteroatoms. The van der Waals surface area contributed by atoms with E-state index in [1.54, 1.807) is 20.8 Å². The standard InChI is InChI=1S/C16H22N2O3/c1-16(2,3)14(15(20)21)18-13(19)8-10-9-17-12-7-5-4-6-11(10)12/h4-7,10,14,17H,8-9H2,1-3H3,(H,18,19)(H,20,21)/t10?,14-/m0/s1. The fraction of sp³-hybridized carbons (Fsp3) is 0.500. The van der Waals surface area contributed by atoms with E-state index < -0.39 is 17.4 Å². The van der Waals surface area contributed by atoms with Crippen molar-refractivity contribution in [3.05, 3.63) is 29.8 Å². The van der Waals surface area contributed by atoms with Crippen LogP contribution in [0.25, 0.3) is 0 Å². The number of hydrogen-bond donors (Lipinski definition) is 3. The first-order valence-electron chi connectivity index (χ1n) is 7.14. The molecule has 1 amide bonds. The third-order valence-corrected chi connectivity index (χ3v) is 3.79. The molecule has 0 saturated carbocycles. The summed E-state index contributed by atoms with van der Waals surface area (Å²) in [6.45, 7) is 6.12. The van der Waals surface area contributed by atoms with Gasteiger partial charge in [-0.1, -0.05) is 39.0 Å². The molecule has 0 bridgehead atoms. The molecule has 1 aromatic rings. The predicted octanol–water partition coefficient (Wildman–Crippen LogP) is 2.20. The molecule has 1 aliphatic heterocycles. The van der Waals surface area contributed by atoms with Crippen LogP contribution in [0.4, 0.5) is 5.69 Å². The minimum Gasteiger partial charge on any atom is -0.480 e. The molecule has 1 aliphatic rings. The number of nitrogens with one attached hydrogen (secondary N) is 2. The number of carbonyl (C=O) groups is 2. The number of benzene rings is 1. The normalized spacial score (nSPS) is 18.5. The van der Waals surface area contributed by atoms with E-state index >= 15 is 0 Å². The Balaban J connectivity index is 2.01. The van der Waals surface area contributed by atoms with E-state index in [0.717, 1.165) is 11.3 Å². The van der Waals surface area contributed by atoms with Crippen molar-refractivity contribution in [3.8, 4) is 0 Å². The highest BCUT2D eigenvalue weighted by atomic mass is 16.4. The van der Waals surface area contributed by atoms with Crippen LogP contribution in [0.5, 0.6) is 0 Å². The van der Waals surface area contributed by atoms with Crippen molar-refractivity contribution in [1.82, 2.24) is 5.32 Å². The van der Waals surface area contributed by atoms with Gasteiger partial charge in [0.15, 0.2) is 0 Å². The van der Waals surface area contributed by atoms with E-state index in [1.165, 1.54) is 0 Å². The fourth-order valence-electron chi connectivity index (χ4n) is 2.63. The summed E-state index contributed by atoms with van der Waals surface area (Å²) in [5, 5.41) is 15.2. The molecule has 3 N–H and O–H groups in total. The van der Waals surface area contributed by atoms with E-state index in [1.807, 2.05) is 24.3 Å². The number of amides is 1. The van der Waals surface area contributed by atoms with Crippen molar-refractivity contribution in [2.45, 2.75) is 39.2 Å². The summed E-state index contributed by atoms with van der Waals surface area (Å²) in [7, 11) is 0. The third kappa shape index (κ3) is 3.54. The SMILES string of the molecule is CC(C)(C)[C@@H](NC(=O)CC1CNc2ccccc21)C(=O)O. The minimum atomic E-state index is -0.999. The molecule has 0 saturated heterocycles. The summed E-state index contributed by atoms with van der Waals surface area (Å²) in [6, 6.07) is 7.02. The van der Waals surface area contributed by atoms with Crippen LogP contribution in [0.3, 0.4) is 0 Å². The summed E-state index contributed by atoms with van der Waals surface area (Å²) >= 11 is 0. The Hall–Kier alpha value is -2.04. The zero-order valence-electron chi connectivity index (χ0n) is 12.6. The Bertz CT molecular complexity index is 549. The molecule has 1 aromatic carbocycles. The number of aliphatic carboxylic acids is 1. The number of rotatable bonds is 4. The lowest BCUT2D eigenvalue weighted by atomic mass is 9.86. The van der Waals surface area contributed by atoms with Gasteiger partial charge in [0.2, 0.25) is 5.91 Å². The maximum Gasteiger partial charge on any atom is 0.326 e. The van der Waals surface area contributed by atoms with E-state index in [2.05, 4.69) is 10.6 Å². The first kappa shape index (κ1) is 15.4. The summed E-state index contributed by atoms with van der Waals surface area (Å²) in [5.74, 6) is -1.13. The molecule has 0 aliphatic carbocycles. The van der Waals surface area contributed by atoms with E-state index in [9.17, 15) is 14.7 Å². The van der Waals surface area contributed by atoms with Gasteiger partial charge in [0.1, 0.15) is 6.04 Å². The predicted molar refractivity (Wildman–Crippen MR) is 81.3 cm³/mol. The lowest BCUT2D eigenvalue weighted by Crippen LogP contribution is -2.49. The Labute approximate surface area is 124 Å². The van der Waals surface area contributed by atoms with Crippen LogP contribution < -0.4 is 10.6 Å². The number of carboxylic acid groups (broad SMARTS) is 1. The van der Waals surface area contributed by atoms with Gasteiger partial charge in [-0.3, -0.25) is 4.79 Å². The number of para-hydroxylation sites is 1. The highest BCUT2D eigenvalue weighted by molar-refractivity contribution is 5.85. The van der Waals surface area contributed by atoms with Gasteiger partial charge >= 0.3 is 5.97 Å². The molecule has 0 spiro atoms. The van der Waals surface area contributed by atoms with E-state index in [-0.39, 0.29) is 11.8 Å². The second kappa shape index (κ2) is 5.76. The van der Waals surface area contributed by atoms with Crippen molar-refractivity contribution in [3.63, 3.8) is 0 Å². The van der Waals surface area contributed by atoms with Gasteiger partial charge in [-0.25, -0.2) is 4.79 Å². The Morgan fingerprint density at radius 1 is 1.38 bits per heavy atom. The average Bonchev–Trinajstić information content (AvgIpc) is 2.78. The van der Waals surface area contributed by atoms with Crippen molar-refractivity contribution < 1.29 is 14.7 Å². The van der Waals surface area contributed by atoms with E-state index in [4.69, 9.17) is 0 Å². The first-order valence-corrected chi connectivity index (χ1v) is 7.14. The maximum absolute atomic E-state index is 12.2. The summed E-state index contributed by atoms with van der Waals surface area (Å²) in [6.07, 6.45) is 0.296. The highest BCUT2D eigenvalue weighted by Crippen LogP contribution is 2.33. The van der Waals surface area contributed by atoms with Crippen molar-refractivity contribution in [2.75, 3.05) is 11.9 Å². The molecular formula is C16H22N2O3. The Morgan fingerprint density at radius 3 is 2.67 bits per heavy atom. The molecule has 1 unspecified atom stereocenters. The van der Waals surface area contributed by atoms with Crippen molar-refractivity contribution in [1.29, 1.82) is 0 Å². The van der Waals surface area contributed by atoms with Crippen LogP contribution in [-0.4, -0.2) is 29.6 Å². The van der Waals surface area contributed by atoms with Gasteiger partial charge in [0, 0.05) is 24.6 Å². The molecule has 5 nitrogen and oxygen atoms in total. The lowest BCUT2D eigenvalue weighted by Gasteiger charge is -2.28. The number of carbonyl (C=O) groups excluding carboxylic acids is 1. The molecular weight excluding hydrogens is 268 g/mol. The second-order valence-electron chi connectivity index (χ2n) is 6.57. The quantitative estimate of drug-likeness (QED) is 0.794. The number of carboxylic acids is 1. The molecule has 21 heavy (non-hydrogen) atoms. The van der Waals surface area contributed by atoms with E-state index in [0.29, 0.717) is 13.0 Å². The highest BCUT2D eigenvalue weighted by Gasteiger charge is 2.33. The molecule has 2 atom stereocenters. The molecule has 114 valence electrons. The zero-order chi connectivity index (χ0) is 15.6. The van der Waals surface area contributed by atoms with Crippen LogP contribution in [0.15, 0.2) is 24.3 Å². The number of anilines is 1. The van der Waals surface area contributed by atoms with Crippen LogP contribution in [-0.2, 0) is 9.59 Å². The lowest BCUT2D eigenvalue weighted by molar-refractivity contribution is -0.145. The smallest absolute Gasteiger partial charge is 0.326 e. The molecule has 1 heterocycles. The molecule has 0 fully saturated rings. The average molecular weight is 290 g/mol. The summed E-state index contributed by atoms with van der Waals surface area (Å²) in [5.41, 5.74) is 1.66. The first-order chi connectivity index (χ1) is 9.79. The van der Waals surface area contributed by atoms with Crippen molar-refractivity contribution in [2.24, 2.45) is 5.41 Å². The van der Waals surface area contributed by atoms with Crippen molar-refractivity contribution >= 4 is 17.6 Å². The molecule has 0 aromatic heterocycles. The molecule has 2 rings (SSSR count). The van der Waals surface area contributed by atoms with Gasteiger partial charge in [-0.15, -0.1) is 0 Å². The van der Waals surface area contributed by atoms with Crippen LogP contribution in [0, 0.1) is 5.41 Å². The fourth-order valence-corrected chi connectivity index (χ4v) is 2.63. The van der Waals surface area contributed by atoms with Gasteiger partial charge in [-0.05, 0) is 17.0 Å². The van der Waals surface area contributed by atoms with Gasteiger partial charge in [-0.2, -0.15) is 0 Å². The molecule has 0 radical (unpaired) electrons. The Morgan fingerprint density at radius 2 is 2.05 bits per heavy atom. The van der Waals surface area contributed by atoms with Gasteiger partial charge in [0.25, 0.3) is 0 Å². The van der Waals surface area contributed by atoms with Crippen LogP contribution in [0.1, 0.15) is 38.7 Å².